The van der Waals surface area contributed by atoms with Crippen molar-refractivity contribution < 1.29 is 9.67 Å². The highest BCUT2D eigenvalue weighted by molar-refractivity contribution is 7.15. The minimum Gasteiger partial charge on any atom is -0.483 e. The molecule has 1 aliphatic heterocycles. The fourth-order valence-corrected chi connectivity index (χ4v) is 5.35. The zero-order valence-electron chi connectivity index (χ0n) is 15.7. The van der Waals surface area contributed by atoms with Gasteiger partial charge in [0.15, 0.2) is 10.5 Å². The first-order valence-corrected chi connectivity index (χ1v) is 11.0. The van der Waals surface area contributed by atoms with E-state index in [9.17, 15) is 9.90 Å². The molecule has 4 rings (SSSR count). The lowest BCUT2D eigenvalue weighted by molar-refractivity contribution is -0.689. The first kappa shape index (κ1) is 20.5. The number of anilines is 1. The standard InChI is InChI=1S/C19H17Cl3N4O2S/c1-3-24-9-13(14-8-23-18(22)29-14)26-17(28)15(16(27)25(4-2)19(24)26)10-5-11(20)7-12(21)6-10/h5-8,13H,3-4,9H2,1-2H3/p+1. The van der Waals surface area contributed by atoms with Gasteiger partial charge in [0.1, 0.15) is 12.1 Å². The third kappa shape index (κ3) is 3.40. The summed E-state index contributed by atoms with van der Waals surface area (Å²) in [7, 11) is 0. The van der Waals surface area contributed by atoms with Crippen LogP contribution in [0.3, 0.4) is 0 Å². The number of aromatic hydroxyl groups is 1. The molecule has 0 radical (unpaired) electrons. The Bertz CT molecular complexity index is 1140. The Labute approximate surface area is 186 Å². The second-order valence-corrected chi connectivity index (χ2v) is 9.16. The molecule has 0 saturated heterocycles. The number of nitrogens with zero attached hydrogens (tertiary/aromatic N) is 4. The van der Waals surface area contributed by atoms with Crippen molar-refractivity contribution in [3.8, 4) is 17.0 Å². The van der Waals surface area contributed by atoms with E-state index in [4.69, 9.17) is 34.8 Å². The van der Waals surface area contributed by atoms with Gasteiger partial charge in [-0.1, -0.05) is 34.8 Å². The molecular weight excluding hydrogens is 455 g/mol. The highest BCUT2D eigenvalue weighted by atomic mass is 35.5. The summed E-state index contributed by atoms with van der Waals surface area (Å²) >= 11 is 19.7. The lowest BCUT2D eigenvalue weighted by Crippen LogP contribution is -2.44. The largest absolute Gasteiger partial charge is 0.483 e. The predicted octanol–water partition coefficient (Wildman–Crippen LogP) is 4.37. The van der Waals surface area contributed by atoms with E-state index in [2.05, 4.69) is 9.88 Å². The molecule has 0 amide bonds. The lowest BCUT2D eigenvalue weighted by Gasteiger charge is -2.15. The number of hydrogen-bond donors (Lipinski definition) is 1. The number of hydrogen-bond acceptors (Lipinski definition) is 5. The molecule has 1 N–H and O–H groups in total. The zero-order valence-corrected chi connectivity index (χ0v) is 18.8. The summed E-state index contributed by atoms with van der Waals surface area (Å²) in [6.07, 6.45) is 1.70. The number of aromatic nitrogens is 3. The minimum absolute atomic E-state index is 0.108. The summed E-state index contributed by atoms with van der Waals surface area (Å²) in [5.74, 6) is 0.549. The Balaban J connectivity index is 2.05. The molecule has 152 valence electrons. The van der Waals surface area contributed by atoms with Gasteiger partial charge in [-0.05, 0) is 37.6 Å². The number of halogens is 3. The van der Waals surface area contributed by atoms with Gasteiger partial charge in [0.25, 0.3) is 5.88 Å². The van der Waals surface area contributed by atoms with Crippen LogP contribution in [-0.4, -0.2) is 27.7 Å². The summed E-state index contributed by atoms with van der Waals surface area (Å²) in [5, 5.41) is 11.8. The molecule has 1 aromatic carbocycles. The highest BCUT2D eigenvalue weighted by Crippen LogP contribution is 2.37. The first-order valence-electron chi connectivity index (χ1n) is 9.09. The summed E-state index contributed by atoms with van der Waals surface area (Å²) in [6, 6.07) is 4.59. The monoisotopic (exact) mass is 471 g/mol. The van der Waals surface area contributed by atoms with Gasteiger partial charge in [0, 0.05) is 16.2 Å². The number of rotatable bonds is 4. The Hall–Kier alpha value is -1.80. The number of benzene rings is 1. The molecule has 1 aliphatic rings. The number of likely N-dealkylation sites (N-methyl/N-ethyl adjacent to an activating group) is 1. The summed E-state index contributed by atoms with van der Waals surface area (Å²) in [6.45, 7) is 5.69. The van der Waals surface area contributed by atoms with E-state index in [1.54, 1.807) is 33.5 Å². The first-order chi connectivity index (χ1) is 13.8. The topological polar surface area (TPSA) is 62.2 Å². The van der Waals surface area contributed by atoms with Gasteiger partial charge in [-0.3, -0.25) is 4.90 Å². The van der Waals surface area contributed by atoms with Crippen LogP contribution in [0.15, 0.2) is 29.2 Å². The lowest BCUT2D eigenvalue weighted by atomic mass is 10.1. The van der Waals surface area contributed by atoms with E-state index in [0.717, 1.165) is 4.88 Å². The molecule has 6 nitrogen and oxygen atoms in total. The van der Waals surface area contributed by atoms with Crippen molar-refractivity contribution in [1.82, 2.24) is 9.55 Å². The second-order valence-electron chi connectivity index (χ2n) is 6.65. The third-order valence-electron chi connectivity index (χ3n) is 5.03. The van der Waals surface area contributed by atoms with Gasteiger partial charge >= 0.3 is 11.5 Å². The normalized spacial score (nSPS) is 15.8. The van der Waals surface area contributed by atoms with Gasteiger partial charge in [0.05, 0.1) is 18.0 Å². The molecule has 0 saturated carbocycles. The average Bonchev–Trinajstić information content (AvgIpc) is 3.25. The molecule has 3 aromatic rings. The van der Waals surface area contributed by atoms with Crippen LogP contribution < -0.4 is 15.0 Å². The van der Waals surface area contributed by atoms with Crippen molar-refractivity contribution >= 4 is 52.1 Å². The van der Waals surface area contributed by atoms with Crippen LogP contribution in [-0.2, 0) is 6.54 Å². The number of thiazole rings is 1. The Kier molecular flexibility index (Phi) is 5.50. The van der Waals surface area contributed by atoms with E-state index >= 15 is 0 Å². The van der Waals surface area contributed by atoms with E-state index < -0.39 is 0 Å². The van der Waals surface area contributed by atoms with Crippen molar-refractivity contribution in [2.24, 2.45) is 0 Å². The van der Waals surface area contributed by atoms with Crippen LogP contribution in [0.4, 0.5) is 5.95 Å². The van der Waals surface area contributed by atoms with E-state index in [-0.39, 0.29) is 23.0 Å². The van der Waals surface area contributed by atoms with Crippen molar-refractivity contribution in [2.75, 3.05) is 18.0 Å². The SMILES string of the molecule is CCN1CC(c2cnc(Cl)s2)n2c1[n+](CC)c(O)c(-c1cc(Cl)cc(Cl)c1)c2=O. The average molecular weight is 473 g/mol. The van der Waals surface area contributed by atoms with Crippen molar-refractivity contribution in [3.63, 3.8) is 0 Å². The van der Waals surface area contributed by atoms with Crippen LogP contribution in [0.2, 0.25) is 14.5 Å². The van der Waals surface area contributed by atoms with Crippen LogP contribution in [0.25, 0.3) is 11.1 Å². The van der Waals surface area contributed by atoms with Crippen molar-refractivity contribution in [3.05, 3.63) is 54.1 Å². The quantitative estimate of drug-likeness (QED) is 0.573. The Morgan fingerprint density at radius 3 is 2.48 bits per heavy atom. The maximum Gasteiger partial charge on any atom is 0.366 e. The number of fused-ring (bicyclic) bond motifs is 1. The zero-order chi connectivity index (χ0) is 20.9. The maximum absolute atomic E-state index is 13.7. The molecule has 2 aromatic heterocycles. The summed E-state index contributed by atoms with van der Waals surface area (Å²) in [4.78, 5) is 20.7. The molecule has 10 heteroatoms. The summed E-state index contributed by atoms with van der Waals surface area (Å²) < 4.78 is 3.87. The van der Waals surface area contributed by atoms with Crippen LogP contribution in [0.5, 0.6) is 5.88 Å². The molecule has 0 fully saturated rings. The highest BCUT2D eigenvalue weighted by Gasteiger charge is 2.43. The van der Waals surface area contributed by atoms with Gasteiger partial charge in [-0.2, -0.15) is 4.57 Å². The van der Waals surface area contributed by atoms with Gasteiger partial charge < -0.3 is 5.11 Å². The maximum atomic E-state index is 13.7. The summed E-state index contributed by atoms with van der Waals surface area (Å²) in [5.41, 5.74) is 0.322. The smallest absolute Gasteiger partial charge is 0.366 e. The molecule has 3 heterocycles. The molecule has 0 spiro atoms. The minimum atomic E-state index is -0.314. The molecule has 29 heavy (non-hydrogen) atoms. The van der Waals surface area contributed by atoms with Crippen molar-refractivity contribution in [2.45, 2.75) is 26.4 Å². The Morgan fingerprint density at radius 2 is 1.93 bits per heavy atom. The third-order valence-corrected chi connectivity index (χ3v) is 6.68. The van der Waals surface area contributed by atoms with Gasteiger partial charge in [0.2, 0.25) is 0 Å². The van der Waals surface area contributed by atoms with E-state index in [1.165, 1.54) is 11.3 Å². The van der Waals surface area contributed by atoms with Crippen LogP contribution in [0.1, 0.15) is 24.8 Å². The second kappa shape index (κ2) is 7.80. The molecule has 1 atom stereocenters. The van der Waals surface area contributed by atoms with Crippen LogP contribution >= 0.6 is 46.1 Å². The fraction of sp³-hybridized carbons (Fsp3) is 0.316. The fourth-order valence-electron chi connectivity index (χ4n) is 3.79. The van der Waals surface area contributed by atoms with E-state index in [1.807, 2.05) is 13.8 Å². The molecule has 0 bridgehead atoms. The predicted molar refractivity (Wildman–Crippen MR) is 117 cm³/mol. The van der Waals surface area contributed by atoms with Crippen LogP contribution in [0, 0.1) is 0 Å². The molecule has 1 unspecified atom stereocenters. The van der Waals surface area contributed by atoms with Crippen molar-refractivity contribution in [1.29, 1.82) is 0 Å². The van der Waals surface area contributed by atoms with Gasteiger partial charge in [-0.15, -0.1) is 11.3 Å². The van der Waals surface area contributed by atoms with E-state index in [0.29, 0.717) is 45.7 Å². The Morgan fingerprint density at radius 1 is 1.24 bits per heavy atom. The van der Waals surface area contributed by atoms with Gasteiger partial charge in [-0.25, -0.2) is 14.3 Å². The molecular formula is C19H18Cl3N4O2S+. The molecule has 0 aliphatic carbocycles.